The van der Waals surface area contributed by atoms with E-state index in [-0.39, 0.29) is 0 Å². The Morgan fingerprint density at radius 3 is 2.62 bits per heavy atom. The van der Waals surface area contributed by atoms with Gasteiger partial charge in [0.2, 0.25) is 0 Å². The van der Waals surface area contributed by atoms with E-state index in [2.05, 4.69) is 9.72 Å². The fourth-order valence-corrected chi connectivity index (χ4v) is 0.924. The molecule has 0 saturated carbocycles. The highest BCUT2D eigenvalue weighted by Crippen LogP contribution is 2.26. The molecule has 0 bridgehead atoms. The third-order valence-corrected chi connectivity index (χ3v) is 1.45. The summed E-state index contributed by atoms with van der Waals surface area (Å²) in [7, 11) is 0. The van der Waals surface area contributed by atoms with Crippen LogP contribution in [0.4, 0.5) is 13.2 Å². The molecule has 16 heavy (non-hydrogen) atoms. The van der Waals surface area contributed by atoms with Crippen LogP contribution in [0.5, 0.6) is 5.75 Å². The second-order valence-corrected chi connectivity index (χ2v) is 2.50. The van der Waals surface area contributed by atoms with E-state index in [9.17, 15) is 18.0 Å². The first-order valence-corrected chi connectivity index (χ1v) is 3.73. The Labute approximate surface area is 86.7 Å². The minimum atomic E-state index is -5.00. The van der Waals surface area contributed by atoms with Crippen LogP contribution in [0.25, 0.3) is 0 Å². The van der Waals surface area contributed by atoms with Crippen LogP contribution in [0, 0.1) is 11.3 Å². The predicted molar refractivity (Wildman–Crippen MR) is 42.6 cm³/mol. The first kappa shape index (κ1) is 11.8. The Morgan fingerprint density at radius 1 is 1.56 bits per heavy atom. The van der Waals surface area contributed by atoms with Gasteiger partial charge in [0, 0.05) is 12.3 Å². The highest BCUT2D eigenvalue weighted by Gasteiger charge is 2.33. The fraction of sp³-hybridized carbons (Fsp3) is 0.125. The van der Waals surface area contributed by atoms with Crippen LogP contribution >= 0.6 is 0 Å². The third-order valence-electron chi connectivity index (χ3n) is 1.45. The van der Waals surface area contributed by atoms with E-state index in [1.54, 1.807) is 0 Å². The second kappa shape index (κ2) is 4.06. The maximum Gasteiger partial charge on any atom is 0.573 e. The van der Waals surface area contributed by atoms with Crippen LogP contribution in [0.15, 0.2) is 12.3 Å². The van der Waals surface area contributed by atoms with Crippen molar-refractivity contribution < 1.29 is 27.8 Å². The number of halogens is 3. The van der Waals surface area contributed by atoms with E-state index in [4.69, 9.17) is 10.4 Å². The maximum absolute atomic E-state index is 11.9. The molecule has 5 nitrogen and oxygen atoms in total. The third kappa shape index (κ3) is 2.60. The van der Waals surface area contributed by atoms with Crippen molar-refractivity contribution in [1.29, 1.82) is 5.26 Å². The van der Waals surface area contributed by atoms with Gasteiger partial charge in [-0.3, -0.25) is 0 Å². The summed E-state index contributed by atoms with van der Waals surface area (Å²) in [4.78, 5) is 13.8. The van der Waals surface area contributed by atoms with Crippen molar-refractivity contribution in [3.05, 3.63) is 23.5 Å². The molecule has 0 atom stereocenters. The molecule has 1 N–H and O–H groups in total. The van der Waals surface area contributed by atoms with Crippen LogP contribution in [0.2, 0.25) is 0 Å². The zero-order valence-electron chi connectivity index (χ0n) is 7.45. The Bertz CT molecular complexity index is 465. The molecule has 0 aliphatic rings. The molecular formula is C8H3F3N2O3. The normalized spacial score (nSPS) is 10.6. The largest absolute Gasteiger partial charge is 0.573 e. The highest BCUT2D eigenvalue weighted by molar-refractivity contribution is 5.89. The summed E-state index contributed by atoms with van der Waals surface area (Å²) in [6.45, 7) is 0. The summed E-state index contributed by atoms with van der Waals surface area (Å²) in [5, 5.41) is 17.1. The van der Waals surface area contributed by atoms with Gasteiger partial charge in [-0.1, -0.05) is 0 Å². The minimum absolute atomic E-state index is 0.762. The zero-order chi connectivity index (χ0) is 12.3. The molecule has 1 heterocycles. The minimum Gasteiger partial charge on any atom is -0.476 e. The fourth-order valence-electron chi connectivity index (χ4n) is 0.924. The number of carbonyl (C=O) groups is 1. The van der Waals surface area contributed by atoms with Gasteiger partial charge in [0.25, 0.3) is 0 Å². The number of aromatic nitrogens is 1. The SMILES string of the molecule is N#Cc1c(OC(F)(F)F)ccnc1C(=O)O. The average molecular weight is 232 g/mol. The number of nitriles is 1. The molecule has 84 valence electrons. The molecule has 1 aromatic heterocycles. The van der Waals surface area contributed by atoms with Gasteiger partial charge in [0.05, 0.1) is 0 Å². The summed E-state index contributed by atoms with van der Waals surface area (Å²) >= 11 is 0. The molecule has 0 fully saturated rings. The van der Waals surface area contributed by atoms with Crippen LogP contribution in [0.1, 0.15) is 16.1 Å². The van der Waals surface area contributed by atoms with Crippen LogP contribution in [-0.2, 0) is 0 Å². The van der Waals surface area contributed by atoms with E-state index < -0.39 is 29.3 Å². The molecule has 0 aliphatic heterocycles. The standard InChI is InChI=1S/C8H3F3N2O3/c9-8(10,11)16-5-1-2-13-6(7(14)15)4(5)3-12/h1-2H,(H,14,15). The van der Waals surface area contributed by atoms with Crippen molar-refractivity contribution in [2.75, 3.05) is 0 Å². The molecule has 0 aromatic carbocycles. The van der Waals surface area contributed by atoms with Gasteiger partial charge in [0.1, 0.15) is 11.6 Å². The van der Waals surface area contributed by atoms with Crippen molar-refractivity contribution in [3.8, 4) is 11.8 Å². The molecular weight excluding hydrogens is 229 g/mol. The van der Waals surface area contributed by atoms with Gasteiger partial charge in [-0.2, -0.15) is 5.26 Å². The molecule has 0 saturated heterocycles. The van der Waals surface area contributed by atoms with Crippen molar-refractivity contribution in [1.82, 2.24) is 4.98 Å². The Morgan fingerprint density at radius 2 is 2.19 bits per heavy atom. The lowest BCUT2D eigenvalue weighted by atomic mass is 10.2. The summed E-state index contributed by atoms with van der Waals surface area (Å²) in [6, 6.07) is 2.06. The smallest absolute Gasteiger partial charge is 0.476 e. The first-order chi connectivity index (χ1) is 7.35. The predicted octanol–water partition coefficient (Wildman–Crippen LogP) is 1.55. The number of alkyl halides is 3. The number of carboxylic acid groups (broad SMARTS) is 1. The van der Waals surface area contributed by atoms with E-state index in [1.165, 1.54) is 6.07 Å². The van der Waals surface area contributed by atoms with Gasteiger partial charge in [-0.25, -0.2) is 9.78 Å². The molecule has 0 aliphatic carbocycles. The molecule has 1 rings (SSSR count). The van der Waals surface area contributed by atoms with E-state index >= 15 is 0 Å². The Balaban J connectivity index is 3.26. The quantitative estimate of drug-likeness (QED) is 0.836. The summed E-state index contributed by atoms with van der Waals surface area (Å²) in [6.07, 6.45) is -4.19. The monoisotopic (exact) mass is 232 g/mol. The first-order valence-electron chi connectivity index (χ1n) is 3.73. The number of hydrogen-bond donors (Lipinski definition) is 1. The molecule has 0 radical (unpaired) electrons. The summed E-state index contributed by atoms with van der Waals surface area (Å²) in [5.41, 5.74) is -1.56. The Kier molecular flexibility index (Phi) is 2.99. The van der Waals surface area contributed by atoms with Crippen LogP contribution < -0.4 is 4.74 Å². The molecule has 0 spiro atoms. The lowest BCUT2D eigenvalue weighted by Crippen LogP contribution is -2.19. The molecule has 0 amide bonds. The lowest BCUT2D eigenvalue weighted by Gasteiger charge is -2.10. The number of carboxylic acids is 1. The van der Waals surface area contributed by atoms with Crippen molar-refractivity contribution >= 4 is 5.97 Å². The number of aromatic carboxylic acids is 1. The van der Waals surface area contributed by atoms with Gasteiger partial charge in [0.15, 0.2) is 11.4 Å². The number of ether oxygens (including phenoxy) is 1. The number of nitrogens with zero attached hydrogens (tertiary/aromatic N) is 2. The van der Waals surface area contributed by atoms with Gasteiger partial charge in [-0.15, -0.1) is 13.2 Å². The van der Waals surface area contributed by atoms with E-state index in [0.29, 0.717) is 0 Å². The van der Waals surface area contributed by atoms with Crippen LogP contribution in [0.3, 0.4) is 0 Å². The molecule has 1 aromatic rings. The van der Waals surface area contributed by atoms with Crippen molar-refractivity contribution in [3.63, 3.8) is 0 Å². The second-order valence-electron chi connectivity index (χ2n) is 2.50. The number of hydrogen-bond acceptors (Lipinski definition) is 4. The van der Waals surface area contributed by atoms with Crippen molar-refractivity contribution in [2.24, 2.45) is 0 Å². The number of rotatable bonds is 2. The van der Waals surface area contributed by atoms with Gasteiger partial charge in [-0.05, 0) is 0 Å². The van der Waals surface area contributed by atoms with Crippen molar-refractivity contribution in [2.45, 2.75) is 6.36 Å². The Hall–Kier alpha value is -2.30. The van der Waals surface area contributed by atoms with Crippen LogP contribution in [-0.4, -0.2) is 22.4 Å². The lowest BCUT2D eigenvalue weighted by molar-refractivity contribution is -0.274. The summed E-state index contributed by atoms with van der Waals surface area (Å²) in [5.74, 6) is -2.49. The molecule has 8 heteroatoms. The topological polar surface area (TPSA) is 83.2 Å². The highest BCUT2D eigenvalue weighted by atomic mass is 19.4. The van der Waals surface area contributed by atoms with E-state index in [1.807, 2.05) is 0 Å². The van der Waals surface area contributed by atoms with E-state index in [0.717, 1.165) is 12.3 Å². The number of pyridine rings is 1. The maximum atomic E-state index is 11.9. The zero-order valence-corrected chi connectivity index (χ0v) is 7.45. The van der Waals surface area contributed by atoms with Gasteiger partial charge < -0.3 is 9.84 Å². The summed E-state index contributed by atoms with van der Waals surface area (Å²) < 4.78 is 39.2. The molecule has 0 unspecified atom stereocenters. The van der Waals surface area contributed by atoms with Gasteiger partial charge >= 0.3 is 12.3 Å². The average Bonchev–Trinajstić information content (AvgIpc) is 2.14.